The minimum atomic E-state index is -1.11. The molecule has 1 unspecified atom stereocenters. The highest BCUT2D eigenvalue weighted by Gasteiger charge is 2.21. The first-order valence-electron chi connectivity index (χ1n) is 6.20. The smallest absolute Gasteiger partial charge is 0.346 e. The van der Waals surface area contributed by atoms with Gasteiger partial charge in [-0.2, -0.15) is 0 Å². The third-order valence-electron chi connectivity index (χ3n) is 3.10. The molecule has 0 bridgehead atoms. The number of rotatable bonds is 5. The summed E-state index contributed by atoms with van der Waals surface area (Å²) in [5.41, 5.74) is 0.344. The molecule has 0 saturated heterocycles. The van der Waals surface area contributed by atoms with Crippen LogP contribution in [0, 0.1) is 5.82 Å². The van der Waals surface area contributed by atoms with Gasteiger partial charge in [0, 0.05) is 22.2 Å². The summed E-state index contributed by atoms with van der Waals surface area (Å²) < 4.78 is 19.1. The Kier molecular flexibility index (Phi) is 4.54. The quantitative estimate of drug-likeness (QED) is 0.829. The molecule has 0 radical (unpaired) electrons. The summed E-state index contributed by atoms with van der Waals surface area (Å²) in [5, 5.41) is 12.4. The molecule has 5 nitrogen and oxygen atoms in total. The van der Waals surface area contributed by atoms with Crippen molar-refractivity contribution in [1.82, 2.24) is 5.32 Å². The van der Waals surface area contributed by atoms with Gasteiger partial charge in [0.25, 0.3) is 0 Å². The van der Waals surface area contributed by atoms with E-state index < -0.39 is 23.8 Å². The molecule has 1 heterocycles. The molecule has 112 valence electrons. The molecule has 1 atom stereocenters. The number of thiophene rings is 1. The van der Waals surface area contributed by atoms with Gasteiger partial charge in [0.2, 0.25) is 0 Å². The topological polar surface area (TPSA) is 75.6 Å². The zero-order valence-electron chi connectivity index (χ0n) is 11.5. The fraction of sp³-hybridized carbons (Fsp3) is 0.286. The Bertz CT molecular complexity index is 698. The first kappa shape index (κ1) is 15.4. The number of aromatic carboxylic acids is 1. The molecule has 0 fully saturated rings. The van der Waals surface area contributed by atoms with Crippen molar-refractivity contribution in [3.63, 3.8) is 0 Å². The summed E-state index contributed by atoms with van der Waals surface area (Å²) >= 11 is 1.02. The molecule has 0 amide bonds. The zero-order valence-corrected chi connectivity index (χ0v) is 12.3. The number of fused-ring (bicyclic) bond motifs is 1. The van der Waals surface area contributed by atoms with Crippen molar-refractivity contribution < 1.29 is 23.8 Å². The van der Waals surface area contributed by atoms with Gasteiger partial charge in [0.05, 0.1) is 7.11 Å². The maximum atomic E-state index is 14.0. The van der Waals surface area contributed by atoms with E-state index in [2.05, 4.69) is 10.1 Å². The van der Waals surface area contributed by atoms with Crippen LogP contribution >= 0.6 is 11.3 Å². The number of ether oxygens (including phenoxy) is 1. The summed E-state index contributed by atoms with van der Waals surface area (Å²) in [6.45, 7) is 1.66. The Balaban J connectivity index is 2.39. The van der Waals surface area contributed by atoms with Crippen molar-refractivity contribution in [3.05, 3.63) is 34.5 Å². The first-order valence-corrected chi connectivity index (χ1v) is 7.01. The van der Waals surface area contributed by atoms with Crippen LogP contribution < -0.4 is 5.32 Å². The van der Waals surface area contributed by atoms with E-state index in [0.717, 1.165) is 11.3 Å². The average molecular weight is 311 g/mol. The number of carbonyl (C=O) groups is 2. The Hall–Kier alpha value is -1.99. The number of benzene rings is 1. The van der Waals surface area contributed by atoms with Gasteiger partial charge >= 0.3 is 11.9 Å². The third-order valence-corrected chi connectivity index (χ3v) is 4.28. The standard InChI is InChI=1S/C14H14FNO4S/c1-7(14(19)20-2)16-6-8-11-9(15)4-3-5-10(11)21-12(8)13(17)18/h3-5,7,16H,6H2,1-2H3,(H,17,18). The molecule has 0 aliphatic heterocycles. The van der Waals surface area contributed by atoms with Gasteiger partial charge in [-0.25, -0.2) is 9.18 Å². The van der Waals surface area contributed by atoms with Crippen molar-refractivity contribution in [3.8, 4) is 0 Å². The van der Waals surface area contributed by atoms with Crippen LogP contribution in [0.4, 0.5) is 4.39 Å². The molecule has 2 aromatic rings. The van der Waals surface area contributed by atoms with Crippen LogP contribution in [0.25, 0.3) is 10.1 Å². The number of nitrogens with one attached hydrogen (secondary N) is 1. The predicted molar refractivity (Wildman–Crippen MR) is 77.1 cm³/mol. The van der Waals surface area contributed by atoms with Crippen LogP contribution in [0.1, 0.15) is 22.2 Å². The van der Waals surface area contributed by atoms with Crippen LogP contribution in [0.2, 0.25) is 0 Å². The molecule has 0 aliphatic rings. The van der Waals surface area contributed by atoms with Gasteiger partial charge < -0.3 is 15.2 Å². The molecule has 0 spiro atoms. The SMILES string of the molecule is COC(=O)C(C)NCc1c(C(=O)O)sc2cccc(F)c12. The summed E-state index contributed by atoms with van der Waals surface area (Å²) in [6, 6.07) is 3.88. The second-order valence-corrected chi connectivity index (χ2v) is 5.51. The van der Waals surface area contributed by atoms with Gasteiger partial charge in [-0.1, -0.05) is 6.07 Å². The molecular formula is C14H14FNO4S. The van der Waals surface area contributed by atoms with Gasteiger partial charge in [-0.05, 0) is 19.1 Å². The maximum absolute atomic E-state index is 14.0. The Labute approximate surface area is 124 Å². The lowest BCUT2D eigenvalue weighted by molar-refractivity contribution is -0.142. The van der Waals surface area contributed by atoms with E-state index in [1.165, 1.54) is 19.2 Å². The van der Waals surface area contributed by atoms with Gasteiger partial charge in [-0.15, -0.1) is 11.3 Å². The lowest BCUT2D eigenvalue weighted by atomic mass is 10.1. The summed E-state index contributed by atoms with van der Waals surface area (Å²) in [6.07, 6.45) is 0. The van der Waals surface area contributed by atoms with E-state index in [1.54, 1.807) is 13.0 Å². The van der Waals surface area contributed by atoms with Crippen molar-refractivity contribution in [1.29, 1.82) is 0 Å². The van der Waals surface area contributed by atoms with Crippen LogP contribution in [0.15, 0.2) is 18.2 Å². The molecule has 1 aromatic carbocycles. The van der Waals surface area contributed by atoms with E-state index in [-0.39, 0.29) is 16.8 Å². The highest BCUT2D eigenvalue weighted by Crippen LogP contribution is 2.33. The number of halogens is 1. The predicted octanol–water partition coefficient (Wildman–Crippen LogP) is 2.39. The Morgan fingerprint density at radius 1 is 1.48 bits per heavy atom. The monoisotopic (exact) mass is 311 g/mol. The number of esters is 1. The fourth-order valence-electron chi connectivity index (χ4n) is 2.02. The fourth-order valence-corrected chi connectivity index (χ4v) is 3.10. The first-order chi connectivity index (χ1) is 9.95. The molecule has 1 aromatic heterocycles. The lowest BCUT2D eigenvalue weighted by Crippen LogP contribution is -2.34. The van der Waals surface area contributed by atoms with Gasteiger partial charge in [0.15, 0.2) is 0 Å². The van der Waals surface area contributed by atoms with Gasteiger partial charge in [-0.3, -0.25) is 4.79 Å². The number of carboxylic acids is 1. The minimum absolute atomic E-state index is 0.0683. The van der Waals surface area contributed by atoms with Crippen molar-refractivity contribution in [2.24, 2.45) is 0 Å². The molecule has 0 saturated carbocycles. The van der Waals surface area contributed by atoms with Crippen LogP contribution in [-0.2, 0) is 16.1 Å². The zero-order chi connectivity index (χ0) is 15.6. The average Bonchev–Trinajstić information content (AvgIpc) is 2.84. The highest BCUT2D eigenvalue weighted by atomic mass is 32.1. The number of hydrogen-bond donors (Lipinski definition) is 2. The Morgan fingerprint density at radius 3 is 2.81 bits per heavy atom. The number of carboxylic acid groups (broad SMARTS) is 1. The van der Waals surface area contributed by atoms with E-state index >= 15 is 0 Å². The van der Waals surface area contributed by atoms with Crippen molar-refractivity contribution >= 4 is 33.4 Å². The molecular weight excluding hydrogens is 297 g/mol. The normalized spacial score (nSPS) is 12.3. The largest absolute Gasteiger partial charge is 0.477 e. The summed E-state index contributed by atoms with van der Waals surface area (Å²) in [4.78, 5) is 22.7. The van der Waals surface area contributed by atoms with Crippen molar-refractivity contribution in [2.45, 2.75) is 19.5 Å². The molecule has 21 heavy (non-hydrogen) atoms. The van der Waals surface area contributed by atoms with Crippen LogP contribution in [0.3, 0.4) is 0 Å². The van der Waals surface area contributed by atoms with Crippen LogP contribution in [0.5, 0.6) is 0 Å². The Morgan fingerprint density at radius 2 is 2.19 bits per heavy atom. The second-order valence-electron chi connectivity index (χ2n) is 4.45. The third kappa shape index (κ3) is 3.03. The van der Waals surface area contributed by atoms with E-state index in [9.17, 15) is 19.1 Å². The van der Waals surface area contributed by atoms with E-state index in [0.29, 0.717) is 10.3 Å². The molecule has 0 aliphatic carbocycles. The number of hydrogen-bond acceptors (Lipinski definition) is 5. The van der Waals surface area contributed by atoms with Gasteiger partial charge in [0.1, 0.15) is 16.7 Å². The molecule has 2 N–H and O–H groups in total. The summed E-state index contributed by atoms with van der Waals surface area (Å²) in [5.74, 6) is -2.05. The summed E-state index contributed by atoms with van der Waals surface area (Å²) in [7, 11) is 1.27. The molecule has 2 rings (SSSR count). The van der Waals surface area contributed by atoms with Crippen LogP contribution in [-0.4, -0.2) is 30.2 Å². The maximum Gasteiger partial charge on any atom is 0.346 e. The van der Waals surface area contributed by atoms with E-state index in [4.69, 9.17) is 0 Å². The number of methoxy groups -OCH3 is 1. The minimum Gasteiger partial charge on any atom is -0.477 e. The van der Waals surface area contributed by atoms with Crippen molar-refractivity contribution in [2.75, 3.05) is 7.11 Å². The molecule has 7 heteroatoms. The second kappa shape index (κ2) is 6.19. The lowest BCUT2D eigenvalue weighted by Gasteiger charge is -2.11. The number of carbonyl (C=O) groups excluding carboxylic acids is 1. The highest BCUT2D eigenvalue weighted by molar-refractivity contribution is 7.21. The van der Waals surface area contributed by atoms with E-state index in [1.807, 2.05) is 0 Å².